The van der Waals surface area contributed by atoms with Crippen LogP contribution in [-0.4, -0.2) is 41.4 Å². The largest absolute Gasteiger partial charge is 0.478 e. The van der Waals surface area contributed by atoms with Gasteiger partial charge in [-0.05, 0) is 41.5 Å². The van der Waals surface area contributed by atoms with E-state index in [9.17, 15) is 27.6 Å². The lowest BCUT2D eigenvalue weighted by molar-refractivity contribution is -0.141. The zero-order chi connectivity index (χ0) is 30.7. The number of hydrogen-bond donors (Lipinski definition) is 1. The number of carbonyl (C=O) groups is 2. The average Bonchev–Trinajstić information content (AvgIpc) is 3.48. The number of ketones is 1. The zero-order valence-electron chi connectivity index (χ0n) is 22.1. The van der Waals surface area contributed by atoms with Gasteiger partial charge in [0, 0.05) is 29.5 Å². The molecule has 1 atom stereocenters. The number of aromatic nitrogens is 5. The predicted octanol–water partition coefficient (Wildman–Crippen LogP) is 5.46. The topological polar surface area (TPSA) is 120 Å². The molecule has 0 spiro atoms. The lowest BCUT2D eigenvalue weighted by Crippen LogP contribution is -2.32. The first-order valence-electron chi connectivity index (χ1n) is 12.8. The number of hydrogen-bond acceptors (Lipinski definition) is 6. The molecular formula is C30H21ClF3N5O4. The second kappa shape index (κ2) is 12.0. The molecule has 43 heavy (non-hydrogen) atoms. The number of carboxylic acid groups (broad SMARTS) is 1. The number of alkyl halides is 3. The monoisotopic (exact) mass is 607 g/mol. The van der Waals surface area contributed by atoms with Crippen molar-refractivity contribution >= 4 is 23.4 Å². The summed E-state index contributed by atoms with van der Waals surface area (Å²) in [7, 11) is 0. The van der Waals surface area contributed by atoms with Crippen LogP contribution in [0, 0.1) is 0 Å². The van der Waals surface area contributed by atoms with E-state index in [1.807, 2.05) is 18.2 Å². The summed E-state index contributed by atoms with van der Waals surface area (Å²) in [5.74, 6) is -1.40. The number of carboxylic acids is 1. The van der Waals surface area contributed by atoms with E-state index in [1.165, 1.54) is 47.3 Å². The summed E-state index contributed by atoms with van der Waals surface area (Å²) in [5, 5.41) is 16.2. The third kappa shape index (κ3) is 6.70. The Bertz CT molecular complexity index is 1850. The fourth-order valence-electron chi connectivity index (χ4n) is 4.50. The molecule has 0 aliphatic rings. The molecule has 0 radical (unpaired) electrons. The molecule has 0 aliphatic heterocycles. The van der Waals surface area contributed by atoms with E-state index in [1.54, 1.807) is 24.3 Å². The minimum absolute atomic E-state index is 0.0716. The Morgan fingerprint density at radius 1 is 0.953 bits per heavy atom. The van der Waals surface area contributed by atoms with E-state index >= 15 is 0 Å². The number of nitrogens with zero attached hydrogens (tertiary/aromatic N) is 5. The average molecular weight is 608 g/mol. The van der Waals surface area contributed by atoms with E-state index in [0.717, 1.165) is 10.2 Å². The second-order valence-electron chi connectivity index (χ2n) is 9.58. The Morgan fingerprint density at radius 3 is 2.30 bits per heavy atom. The summed E-state index contributed by atoms with van der Waals surface area (Å²) < 4.78 is 41.5. The first kappa shape index (κ1) is 29.4. The number of rotatable bonds is 9. The highest BCUT2D eigenvalue weighted by Gasteiger charge is 2.35. The zero-order valence-corrected chi connectivity index (χ0v) is 22.8. The third-order valence-corrected chi connectivity index (χ3v) is 6.89. The molecule has 9 nitrogen and oxygen atoms in total. The summed E-state index contributed by atoms with van der Waals surface area (Å²) in [6, 6.07) is 19.5. The molecule has 218 valence electrons. The van der Waals surface area contributed by atoms with Crippen molar-refractivity contribution in [3.63, 3.8) is 0 Å². The van der Waals surface area contributed by atoms with Gasteiger partial charge in [-0.2, -0.15) is 13.2 Å². The molecule has 5 aromatic rings. The molecule has 5 rings (SSSR count). The number of aromatic carboxylic acids is 1. The normalized spacial score (nSPS) is 12.2. The molecule has 2 heterocycles. The van der Waals surface area contributed by atoms with Crippen LogP contribution in [-0.2, 0) is 23.8 Å². The van der Waals surface area contributed by atoms with Crippen LogP contribution in [0.4, 0.5) is 13.2 Å². The van der Waals surface area contributed by atoms with Gasteiger partial charge in [0.2, 0.25) is 0 Å². The van der Waals surface area contributed by atoms with Gasteiger partial charge < -0.3 is 5.11 Å². The molecule has 3 aromatic carbocycles. The number of halogens is 4. The summed E-state index contributed by atoms with van der Waals surface area (Å²) >= 11 is 6.18. The summed E-state index contributed by atoms with van der Waals surface area (Å²) in [4.78, 5) is 42.6. The van der Waals surface area contributed by atoms with Crippen LogP contribution < -0.4 is 5.56 Å². The van der Waals surface area contributed by atoms with Crippen molar-refractivity contribution in [2.45, 2.75) is 25.1 Å². The fraction of sp³-hybridized carbons (Fsp3) is 0.133. The smallest absolute Gasteiger partial charge is 0.436 e. The van der Waals surface area contributed by atoms with Gasteiger partial charge in [-0.3, -0.25) is 14.2 Å². The van der Waals surface area contributed by atoms with E-state index in [4.69, 9.17) is 16.7 Å². The molecule has 0 saturated carbocycles. The van der Waals surface area contributed by atoms with Crippen LogP contribution in [0.1, 0.15) is 33.2 Å². The molecule has 0 unspecified atom stereocenters. The van der Waals surface area contributed by atoms with Gasteiger partial charge in [0.25, 0.3) is 5.56 Å². The number of Topliss-reactive ketones (excluding diaryl/α,β-unsaturated/α-hetero) is 1. The van der Waals surface area contributed by atoms with Crippen LogP contribution in [0.3, 0.4) is 0 Å². The summed E-state index contributed by atoms with van der Waals surface area (Å²) in [5.41, 5.74) is 0.130. The van der Waals surface area contributed by atoms with Crippen LogP contribution in [0.25, 0.3) is 16.9 Å². The predicted molar refractivity (Wildman–Crippen MR) is 150 cm³/mol. The maximum absolute atomic E-state index is 13.6. The molecule has 0 fully saturated rings. The maximum atomic E-state index is 13.6. The molecule has 13 heteroatoms. The van der Waals surface area contributed by atoms with Crippen molar-refractivity contribution in [3.05, 3.63) is 129 Å². The molecular weight excluding hydrogens is 587 g/mol. The van der Waals surface area contributed by atoms with E-state index in [-0.39, 0.29) is 46.2 Å². The molecule has 0 saturated heterocycles. The second-order valence-corrected chi connectivity index (χ2v) is 10.0. The highest BCUT2D eigenvalue weighted by Crippen LogP contribution is 2.31. The molecule has 0 bridgehead atoms. The van der Waals surface area contributed by atoms with Gasteiger partial charge >= 0.3 is 12.1 Å². The van der Waals surface area contributed by atoms with Gasteiger partial charge in [-0.15, -0.1) is 5.10 Å². The van der Waals surface area contributed by atoms with Gasteiger partial charge in [0.05, 0.1) is 29.5 Å². The van der Waals surface area contributed by atoms with Crippen LogP contribution in [0.2, 0.25) is 5.02 Å². The fourth-order valence-corrected chi connectivity index (χ4v) is 4.68. The van der Waals surface area contributed by atoms with Crippen LogP contribution >= 0.6 is 11.6 Å². The number of carbonyl (C=O) groups excluding carboxylic acids is 1. The first-order chi connectivity index (χ1) is 20.5. The maximum Gasteiger partial charge on any atom is 0.436 e. The number of benzene rings is 3. The Kier molecular flexibility index (Phi) is 8.22. The minimum Gasteiger partial charge on any atom is -0.478 e. The molecule has 1 N–H and O–H groups in total. The Labute approximate surface area is 246 Å². The van der Waals surface area contributed by atoms with Crippen LogP contribution in [0.5, 0.6) is 0 Å². The highest BCUT2D eigenvalue weighted by atomic mass is 35.5. The SMILES string of the molecule is O=C(O)c1ccc(CC(=O)[C@H](Cc2ccccc2)n2cnc(-c3cc(Cl)ccc3-n3cc(C(F)(F)F)nn3)cc2=O)cc1. The van der Waals surface area contributed by atoms with Crippen LogP contribution in [0.15, 0.2) is 96.2 Å². The van der Waals surface area contributed by atoms with E-state index in [2.05, 4.69) is 15.3 Å². The van der Waals surface area contributed by atoms with Crippen molar-refractivity contribution < 1.29 is 27.9 Å². The molecule has 0 aliphatic carbocycles. The first-order valence-corrected chi connectivity index (χ1v) is 13.1. The third-order valence-electron chi connectivity index (χ3n) is 6.66. The van der Waals surface area contributed by atoms with Gasteiger partial charge in [0.1, 0.15) is 6.04 Å². The van der Waals surface area contributed by atoms with Gasteiger partial charge in [-0.1, -0.05) is 59.3 Å². The van der Waals surface area contributed by atoms with Crippen molar-refractivity contribution in [2.24, 2.45) is 0 Å². The van der Waals surface area contributed by atoms with Crippen molar-refractivity contribution in [3.8, 4) is 16.9 Å². The van der Waals surface area contributed by atoms with E-state index in [0.29, 0.717) is 11.8 Å². The molecule has 0 amide bonds. The van der Waals surface area contributed by atoms with Crippen molar-refractivity contribution in [2.75, 3.05) is 0 Å². The summed E-state index contributed by atoms with van der Waals surface area (Å²) in [6.07, 6.45) is -2.68. The minimum atomic E-state index is -4.71. The lowest BCUT2D eigenvalue weighted by atomic mass is 9.97. The molecule has 2 aromatic heterocycles. The van der Waals surface area contributed by atoms with Gasteiger partial charge in [0.15, 0.2) is 11.5 Å². The summed E-state index contributed by atoms with van der Waals surface area (Å²) in [6.45, 7) is 0. The Hall–Kier alpha value is -5.10. The lowest BCUT2D eigenvalue weighted by Gasteiger charge is -2.19. The Balaban J connectivity index is 1.51. The van der Waals surface area contributed by atoms with Gasteiger partial charge in [-0.25, -0.2) is 14.5 Å². The Morgan fingerprint density at radius 2 is 1.67 bits per heavy atom. The van der Waals surface area contributed by atoms with Crippen molar-refractivity contribution in [1.29, 1.82) is 0 Å². The van der Waals surface area contributed by atoms with E-state index < -0.39 is 29.4 Å². The standard InChI is InChI=1S/C30H21ClF3N5O4/c31-21-10-11-24(39-16-27(36-37-39)30(32,33)34)22(14-21)23-15-28(41)38(17-35-23)25(12-18-4-2-1-3-5-18)26(40)13-19-6-8-20(9-7-19)29(42)43/h1-11,14-17,25H,12-13H2,(H,42,43)/t25-/m0/s1. The quantitative estimate of drug-likeness (QED) is 0.236. The van der Waals surface area contributed by atoms with Crippen molar-refractivity contribution in [1.82, 2.24) is 24.5 Å². The highest BCUT2D eigenvalue weighted by molar-refractivity contribution is 6.31.